The van der Waals surface area contributed by atoms with Crippen molar-refractivity contribution in [3.8, 4) is 0 Å². The molecule has 7 heteroatoms. The summed E-state index contributed by atoms with van der Waals surface area (Å²) in [5.74, 6) is 1.36. The van der Waals surface area contributed by atoms with E-state index in [-0.39, 0.29) is 17.9 Å². The first-order valence-corrected chi connectivity index (χ1v) is 11.7. The zero-order valence-electron chi connectivity index (χ0n) is 16.0. The Morgan fingerprint density at radius 3 is 2.55 bits per heavy atom. The topological polar surface area (TPSA) is 62.3 Å². The summed E-state index contributed by atoms with van der Waals surface area (Å²) in [6.07, 6.45) is 1.60. The first-order chi connectivity index (χ1) is 14.2. The van der Waals surface area contributed by atoms with Crippen LogP contribution in [0.15, 0.2) is 54.6 Å². The molecule has 2 amide bonds. The van der Waals surface area contributed by atoms with Crippen molar-refractivity contribution in [3.05, 3.63) is 65.2 Å². The number of aromatic nitrogens is 1. The number of fused-ring (bicyclic) bond motifs is 1. The van der Waals surface area contributed by atoms with E-state index in [0.29, 0.717) is 24.4 Å². The predicted octanol–water partition coefficient (Wildman–Crippen LogP) is 3.95. The van der Waals surface area contributed by atoms with E-state index in [1.165, 1.54) is 4.70 Å². The summed E-state index contributed by atoms with van der Waals surface area (Å²) in [5, 5.41) is 4.14. The van der Waals surface area contributed by atoms with E-state index in [2.05, 4.69) is 16.4 Å². The first-order valence-electron chi connectivity index (χ1n) is 9.75. The Labute approximate surface area is 178 Å². The highest BCUT2D eigenvalue weighted by Crippen LogP contribution is 2.25. The lowest BCUT2D eigenvalue weighted by atomic mass is 10.0. The fraction of sp³-hybridized carbons (Fsp3) is 0.318. The van der Waals surface area contributed by atoms with Crippen molar-refractivity contribution in [2.24, 2.45) is 0 Å². The number of nitrogens with one attached hydrogen (secondary N) is 1. The molecule has 0 saturated carbocycles. The van der Waals surface area contributed by atoms with Crippen molar-refractivity contribution in [3.63, 3.8) is 0 Å². The SMILES string of the molecule is O=C(NC1CCN(C(=O)CSCc2nc3ccccc3s2)CC1)c1ccccc1. The zero-order valence-corrected chi connectivity index (χ0v) is 17.7. The number of rotatable bonds is 6. The largest absolute Gasteiger partial charge is 0.349 e. The number of carbonyl (C=O) groups is 2. The van der Waals surface area contributed by atoms with Gasteiger partial charge in [0.1, 0.15) is 5.01 Å². The third-order valence-corrected chi connectivity index (χ3v) is 7.16. The molecule has 2 heterocycles. The molecule has 1 saturated heterocycles. The molecule has 0 radical (unpaired) electrons. The molecule has 0 spiro atoms. The number of thiazole rings is 1. The molecule has 0 unspecified atom stereocenters. The van der Waals surface area contributed by atoms with E-state index >= 15 is 0 Å². The number of nitrogens with zero attached hydrogens (tertiary/aromatic N) is 2. The van der Waals surface area contributed by atoms with E-state index in [4.69, 9.17) is 0 Å². The van der Waals surface area contributed by atoms with Crippen molar-refractivity contribution in [1.82, 2.24) is 15.2 Å². The van der Waals surface area contributed by atoms with Gasteiger partial charge in [0.15, 0.2) is 0 Å². The summed E-state index contributed by atoms with van der Waals surface area (Å²) in [6.45, 7) is 1.39. The fourth-order valence-corrected chi connectivity index (χ4v) is 5.38. The predicted molar refractivity (Wildman–Crippen MR) is 119 cm³/mol. The lowest BCUT2D eigenvalue weighted by Gasteiger charge is -2.32. The van der Waals surface area contributed by atoms with Gasteiger partial charge in [-0.2, -0.15) is 0 Å². The Kier molecular flexibility index (Phi) is 6.46. The number of likely N-dealkylation sites (tertiary alicyclic amines) is 1. The van der Waals surface area contributed by atoms with E-state index in [1.54, 1.807) is 23.1 Å². The maximum absolute atomic E-state index is 12.5. The van der Waals surface area contributed by atoms with E-state index in [1.807, 2.05) is 53.4 Å². The van der Waals surface area contributed by atoms with Gasteiger partial charge in [-0.05, 0) is 37.1 Å². The summed E-state index contributed by atoms with van der Waals surface area (Å²) in [7, 11) is 0. The summed E-state index contributed by atoms with van der Waals surface area (Å²) >= 11 is 3.31. The van der Waals surface area contributed by atoms with Gasteiger partial charge in [0, 0.05) is 30.4 Å². The molecule has 0 aliphatic carbocycles. The molecule has 5 nitrogen and oxygen atoms in total. The number of hydrogen-bond donors (Lipinski definition) is 1. The standard InChI is InChI=1S/C22H23N3O2S2/c26-21(15-28-14-20-24-18-8-4-5-9-19(18)29-20)25-12-10-17(11-13-25)23-22(27)16-6-2-1-3-7-16/h1-9,17H,10-15H2,(H,23,27). The molecule has 1 aliphatic heterocycles. The number of piperidine rings is 1. The van der Waals surface area contributed by atoms with Crippen LogP contribution in [0.1, 0.15) is 28.2 Å². The van der Waals surface area contributed by atoms with Crippen LogP contribution in [0.25, 0.3) is 10.2 Å². The molecule has 150 valence electrons. The normalized spacial score (nSPS) is 14.8. The van der Waals surface area contributed by atoms with Gasteiger partial charge in [0.05, 0.1) is 16.0 Å². The van der Waals surface area contributed by atoms with Crippen LogP contribution in [0.5, 0.6) is 0 Å². The monoisotopic (exact) mass is 425 g/mol. The maximum atomic E-state index is 12.5. The van der Waals surface area contributed by atoms with Gasteiger partial charge in [-0.1, -0.05) is 30.3 Å². The third-order valence-electron chi connectivity index (χ3n) is 5.01. The van der Waals surface area contributed by atoms with E-state index in [0.717, 1.165) is 29.1 Å². The van der Waals surface area contributed by atoms with E-state index in [9.17, 15) is 9.59 Å². The third kappa shape index (κ3) is 5.16. The molecule has 0 atom stereocenters. The van der Waals surface area contributed by atoms with Crippen LogP contribution in [0, 0.1) is 0 Å². The van der Waals surface area contributed by atoms with Crippen molar-refractivity contribution in [1.29, 1.82) is 0 Å². The van der Waals surface area contributed by atoms with Gasteiger partial charge in [0.25, 0.3) is 5.91 Å². The number of carbonyl (C=O) groups excluding carboxylic acids is 2. The van der Waals surface area contributed by atoms with Gasteiger partial charge in [-0.3, -0.25) is 9.59 Å². The molecular formula is C22H23N3O2S2. The van der Waals surface area contributed by atoms with Gasteiger partial charge >= 0.3 is 0 Å². The Bertz CT molecular complexity index is 949. The average Bonchev–Trinajstić information content (AvgIpc) is 3.17. The van der Waals surface area contributed by atoms with Crippen molar-refractivity contribution in [2.75, 3.05) is 18.8 Å². The lowest BCUT2D eigenvalue weighted by Crippen LogP contribution is -2.47. The first kappa shape index (κ1) is 19.9. The molecule has 2 aromatic carbocycles. The van der Waals surface area contributed by atoms with Crippen molar-refractivity contribution in [2.45, 2.75) is 24.6 Å². The van der Waals surface area contributed by atoms with Crippen LogP contribution >= 0.6 is 23.1 Å². The summed E-state index contributed by atoms with van der Waals surface area (Å²) in [6, 6.07) is 17.5. The Morgan fingerprint density at radius 1 is 1.07 bits per heavy atom. The highest BCUT2D eigenvalue weighted by molar-refractivity contribution is 7.99. The van der Waals surface area contributed by atoms with E-state index < -0.39 is 0 Å². The quantitative estimate of drug-likeness (QED) is 0.650. The molecule has 4 rings (SSSR count). The minimum atomic E-state index is -0.0400. The Hall–Kier alpha value is -2.38. The average molecular weight is 426 g/mol. The Balaban J connectivity index is 1.19. The van der Waals surface area contributed by atoms with Crippen LogP contribution < -0.4 is 5.32 Å². The molecule has 1 aromatic heterocycles. The molecule has 1 N–H and O–H groups in total. The van der Waals surface area contributed by atoms with Crippen LogP contribution in [-0.2, 0) is 10.5 Å². The number of para-hydroxylation sites is 1. The minimum Gasteiger partial charge on any atom is -0.349 e. The lowest BCUT2D eigenvalue weighted by molar-refractivity contribution is -0.129. The fourth-order valence-electron chi connectivity index (χ4n) is 3.43. The highest BCUT2D eigenvalue weighted by atomic mass is 32.2. The summed E-state index contributed by atoms with van der Waals surface area (Å²) in [4.78, 5) is 31.3. The van der Waals surface area contributed by atoms with Gasteiger partial charge < -0.3 is 10.2 Å². The van der Waals surface area contributed by atoms with Crippen LogP contribution in [-0.4, -0.2) is 46.6 Å². The number of hydrogen-bond acceptors (Lipinski definition) is 5. The molecule has 3 aromatic rings. The summed E-state index contributed by atoms with van der Waals surface area (Å²) in [5.41, 5.74) is 1.70. The minimum absolute atomic E-state index is 0.0400. The Morgan fingerprint density at radius 2 is 1.79 bits per heavy atom. The highest BCUT2D eigenvalue weighted by Gasteiger charge is 2.24. The second-order valence-corrected chi connectivity index (χ2v) is 9.16. The van der Waals surface area contributed by atoms with Gasteiger partial charge in [-0.15, -0.1) is 23.1 Å². The second-order valence-electron chi connectivity index (χ2n) is 7.06. The summed E-state index contributed by atoms with van der Waals surface area (Å²) < 4.78 is 1.19. The van der Waals surface area contributed by atoms with Gasteiger partial charge in [0.2, 0.25) is 5.91 Å². The molecule has 0 bridgehead atoms. The van der Waals surface area contributed by atoms with Crippen LogP contribution in [0.2, 0.25) is 0 Å². The van der Waals surface area contributed by atoms with Crippen molar-refractivity contribution >= 4 is 45.1 Å². The molecule has 1 aliphatic rings. The maximum Gasteiger partial charge on any atom is 0.251 e. The van der Waals surface area contributed by atoms with Crippen molar-refractivity contribution < 1.29 is 9.59 Å². The number of benzene rings is 2. The van der Waals surface area contributed by atoms with Crippen LogP contribution in [0.4, 0.5) is 0 Å². The van der Waals surface area contributed by atoms with Gasteiger partial charge in [-0.25, -0.2) is 4.98 Å². The second kappa shape index (κ2) is 9.41. The molecule has 1 fully saturated rings. The number of amides is 2. The molecule has 29 heavy (non-hydrogen) atoms. The molecular weight excluding hydrogens is 402 g/mol. The smallest absolute Gasteiger partial charge is 0.251 e. The zero-order chi connectivity index (χ0) is 20.1. The van der Waals surface area contributed by atoms with Crippen LogP contribution in [0.3, 0.4) is 0 Å². The number of thioether (sulfide) groups is 1.